The monoisotopic (exact) mass is 435 g/mol. The minimum absolute atomic E-state index is 0.118. The van der Waals surface area contributed by atoms with E-state index in [0.29, 0.717) is 16.3 Å². The molecule has 2 aromatic carbocycles. The van der Waals surface area contributed by atoms with Gasteiger partial charge in [-0.05, 0) is 24.3 Å². The molecule has 0 radical (unpaired) electrons. The summed E-state index contributed by atoms with van der Waals surface area (Å²) in [6.07, 6.45) is -4.76. The van der Waals surface area contributed by atoms with Crippen molar-refractivity contribution in [1.82, 2.24) is 14.8 Å². The number of rotatable bonds is 2. The van der Waals surface area contributed by atoms with Gasteiger partial charge in [0, 0.05) is 10.0 Å². The maximum atomic E-state index is 14.2. The van der Waals surface area contributed by atoms with Crippen LogP contribution in [0.3, 0.4) is 0 Å². The quantitative estimate of drug-likeness (QED) is 0.587. The van der Waals surface area contributed by atoms with Crippen LogP contribution in [0.1, 0.15) is 5.56 Å². The van der Waals surface area contributed by atoms with Gasteiger partial charge in [-0.3, -0.25) is 4.98 Å². The summed E-state index contributed by atoms with van der Waals surface area (Å²) in [6.45, 7) is 0. The van der Waals surface area contributed by atoms with E-state index in [9.17, 15) is 22.4 Å². The molecule has 0 spiro atoms. The van der Waals surface area contributed by atoms with E-state index < -0.39 is 34.0 Å². The van der Waals surface area contributed by atoms with Crippen molar-refractivity contribution in [1.29, 1.82) is 0 Å². The zero-order valence-electron chi connectivity index (χ0n) is 12.0. The summed E-state index contributed by atoms with van der Waals surface area (Å²) >= 11 is 9.02. The van der Waals surface area contributed by atoms with Crippen LogP contribution in [0.2, 0.25) is 5.02 Å². The molecule has 0 aliphatic rings. The summed E-state index contributed by atoms with van der Waals surface area (Å²) in [7, 11) is 0. The number of alkyl halides is 3. The molecule has 0 saturated heterocycles. The van der Waals surface area contributed by atoms with Crippen LogP contribution in [-0.4, -0.2) is 14.8 Å². The Hall–Kier alpha value is -2.13. The van der Waals surface area contributed by atoms with E-state index in [4.69, 9.17) is 11.6 Å². The molecule has 4 nitrogen and oxygen atoms in total. The first kappa shape index (κ1) is 17.7. The Morgan fingerprint density at radius 1 is 1.16 bits per heavy atom. The third-order valence-electron chi connectivity index (χ3n) is 3.29. The number of H-pyrrole nitrogens is 1. The zero-order chi connectivity index (χ0) is 18.4. The van der Waals surface area contributed by atoms with E-state index in [2.05, 4.69) is 26.0 Å². The van der Waals surface area contributed by atoms with E-state index >= 15 is 0 Å². The van der Waals surface area contributed by atoms with Gasteiger partial charge in [-0.25, -0.2) is 9.18 Å². The summed E-state index contributed by atoms with van der Waals surface area (Å²) in [5.41, 5.74) is -2.12. The van der Waals surface area contributed by atoms with Crippen LogP contribution in [0.5, 0.6) is 0 Å². The third kappa shape index (κ3) is 3.47. The molecule has 0 amide bonds. The Morgan fingerprint density at radius 2 is 1.80 bits per heavy atom. The highest BCUT2D eigenvalue weighted by Gasteiger charge is 2.33. The normalized spacial score (nSPS) is 11.8. The van der Waals surface area contributed by atoms with E-state index in [1.807, 2.05) is 0 Å². The van der Waals surface area contributed by atoms with Gasteiger partial charge in [0.05, 0.1) is 10.6 Å². The molecule has 3 rings (SSSR count). The van der Waals surface area contributed by atoms with E-state index in [1.165, 1.54) is 0 Å². The number of nitrogens with one attached hydrogen (secondary N) is 1. The first-order valence-electron chi connectivity index (χ1n) is 6.68. The molecule has 1 aromatic heterocycles. The van der Waals surface area contributed by atoms with Crippen LogP contribution >= 0.6 is 27.5 Å². The molecule has 1 N–H and O–H groups in total. The van der Waals surface area contributed by atoms with Gasteiger partial charge in [0.25, 0.3) is 0 Å². The Bertz CT molecular complexity index is 972. The predicted octanol–water partition coefficient (Wildman–Crippen LogP) is 4.80. The van der Waals surface area contributed by atoms with Crippen LogP contribution < -0.4 is 5.69 Å². The minimum atomic E-state index is -4.76. The molecule has 0 fully saturated rings. The zero-order valence-corrected chi connectivity index (χ0v) is 14.4. The Morgan fingerprint density at radius 3 is 2.36 bits per heavy atom. The van der Waals surface area contributed by atoms with Crippen LogP contribution in [0.25, 0.3) is 17.1 Å². The fraction of sp³-hybridized carbons (Fsp3) is 0.0667. The van der Waals surface area contributed by atoms with Gasteiger partial charge in [0.15, 0.2) is 11.6 Å². The fourth-order valence-electron chi connectivity index (χ4n) is 2.15. The van der Waals surface area contributed by atoms with Gasteiger partial charge in [-0.1, -0.05) is 39.7 Å². The van der Waals surface area contributed by atoms with Crippen molar-refractivity contribution in [3.8, 4) is 17.1 Å². The first-order valence-corrected chi connectivity index (χ1v) is 7.86. The summed E-state index contributed by atoms with van der Waals surface area (Å²) in [4.78, 5) is 14.5. The summed E-state index contributed by atoms with van der Waals surface area (Å²) in [5, 5.41) is 3.34. The standard InChI is InChI=1S/C15H7BrClF4N3O/c16-9-3-1-7(2-4-9)13-22-14(25)24(23-13)12-10(17)5-8(6-11(12)18)15(19,20)21/h1-6H,(H,22,23,25). The summed E-state index contributed by atoms with van der Waals surface area (Å²) < 4.78 is 53.7. The highest BCUT2D eigenvalue weighted by Crippen LogP contribution is 2.34. The molecule has 1 heterocycles. The number of hydrogen-bond acceptors (Lipinski definition) is 2. The summed E-state index contributed by atoms with van der Waals surface area (Å²) in [5.74, 6) is -1.19. The van der Waals surface area contributed by atoms with Crippen molar-refractivity contribution in [2.45, 2.75) is 6.18 Å². The molecule has 0 saturated carbocycles. The maximum absolute atomic E-state index is 14.2. The van der Waals surface area contributed by atoms with Crippen molar-refractivity contribution in [3.05, 3.63) is 67.8 Å². The molecule has 3 aromatic rings. The number of benzene rings is 2. The van der Waals surface area contributed by atoms with Crippen LogP contribution in [0.4, 0.5) is 17.6 Å². The SMILES string of the molecule is O=c1[nH]c(-c2ccc(Br)cc2)nn1-c1c(F)cc(C(F)(F)F)cc1Cl. The lowest BCUT2D eigenvalue weighted by atomic mass is 10.2. The Labute approximate surface area is 151 Å². The average Bonchev–Trinajstić information content (AvgIpc) is 2.88. The van der Waals surface area contributed by atoms with Crippen LogP contribution in [0.15, 0.2) is 45.7 Å². The van der Waals surface area contributed by atoms with Gasteiger partial charge in [0.2, 0.25) is 0 Å². The van der Waals surface area contributed by atoms with E-state index in [1.54, 1.807) is 24.3 Å². The second-order valence-corrected chi connectivity index (χ2v) is 6.31. The minimum Gasteiger partial charge on any atom is -0.288 e. The molecule has 0 bridgehead atoms. The number of aromatic amines is 1. The topological polar surface area (TPSA) is 50.7 Å². The number of hydrogen-bond donors (Lipinski definition) is 1. The smallest absolute Gasteiger partial charge is 0.288 e. The number of aromatic nitrogens is 3. The van der Waals surface area contributed by atoms with Gasteiger partial charge >= 0.3 is 11.9 Å². The lowest BCUT2D eigenvalue weighted by molar-refractivity contribution is -0.137. The molecule has 0 aliphatic heterocycles. The molecular weight excluding hydrogens is 430 g/mol. The highest BCUT2D eigenvalue weighted by atomic mass is 79.9. The molecule has 10 heteroatoms. The molecule has 0 atom stereocenters. The van der Waals surface area contributed by atoms with Crippen molar-refractivity contribution in [2.24, 2.45) is 0 Å². The fourth-order valence-corrected chi connectivity index (χ4v) is 2.70. The maximum Gasteiger partial charge on any atom is 0.416 e. The summed E-state index contributed by atoms with van der Waals surface area (Å²) in [6, 6.07) is 7.52. The van der Waals surface area contributed by atoms with Gasteiger partial charge in [-0.15, -0.1) is 5.10 Å². The van der Waals surface area contributed by atoms with Crippen molar-refractivity contribution >= 4 is 27.5 Å². The second-order valence-electron chi connectivity index (χ2n) is 4.98. The van der Waals surface area contributed by atoms with Crippen LogP contribution in [-0.2, 0) is 6.18 Å². The van der Waals surface area contributed by atoms with Crippen molar-refractivity contribution in [3.63, 3.8) is 0 Å². The third-order valence-corrected chi connectivity index (χ3v) is 4.11. The van der Waals surface area contributed by atoms with Gasteiger partial charge < -0.3 is 0 Å². The molecule has 0 unspecified atom stereocenters. The van der Waals surface area contributed by atoms with E-state index in [-0.39, 0.29) is 11.9 Å². The largest absolute Gasteiger partial charge is 0.416 e. The first-order chi connectivity index (χ1) is 11.7. The second kappa shape index (κ2) is 6.30. The highest BCUT2D eigenvalue weighted by molar-refractivity contribution is 9.10. The Kier molecular flexibility index (Phi) is 4.46. The van der Waals surface area contributed by atoms with Crippen molar-refractivity contribution < 1.29 is 17.6 Å². The van der Waals surface area contributed by atoms with Crippen molar-refractivity contribution in [2.75, 3.05) is 0 Å². The van der Waals surface area contributed by atoms with Gasteiger partial charge in [0.1, 0.15) is 5.69 Å². The lowest BCUT2D eigenvalue weighted by Gasteiger charge is -2.10. The number of halogens is 6. The molecular formula is C15H7BrClF4N3O. The molecule has 0 aliphatic carbocycles. The average molecular weight is 437 g/mol. The lowest BCUT2D eigenvalue weighted by Crippen LogP contribution is -2.18. The molecule has 25 heavy (non-hydrogen) atoms. The predicted molar refractivity (Wildman–Crippen MR) is 87.3 cm³/mol. The molecule has 130 valence electrons. The van der Waals surface area contributed by atoms with Crippen LogP contribution in [0, 0.1) is 5.82 Å². The van der Waals surface area contributed by atoms with Gasteiger partial charge in [-0.2, -0.15) is 17.9 Å². The Balaban J connectivity index is 2.12. The van der Waals surface area contributed by atoms with E-state index in [0.717, 1.165) is 4.47 Å². The number of nitrogens with zero attached hydrogens (tertiary/aromatic N) is 2.